The molecule has 2 aromatic carbocycles. The monoisotopic (exact) mass is 380 g/mol. The molecule has 6 nitrogen and oxygen atoms in total. The van der Waals surface area contributed by atoms with E-state index in [1.165, 1.54) is 31.5 Å². The first-order valence-corrected chi connectivity index (χ1v) is 10.0. The Kier molecular flexibility index (Phi) is 5.97. The summed E-state index contributed by atoms with van der Waals surface area (Å²) in [6, 6.07) is 14.4. The molecule has 3 N–H and O–H groups in total. The van der Waals surface area contributed by atoms with Crippen molar-refractivity contribution in [2.45, 2.75) is 32.4 Å². The molecule has 4 rings (SSSR count). The van der Waals surface area contributed by atoms with Crippen LogP contribution in [0.3, 0.4) is 0 Å². The van der Waals surface area contributed by atoms with Crippen molar-refractivity contribution < 1.29 is 9.47 Å². The molecule has 2 heterocycles. The van der Waals surface area contributed by atoms with E-state index in [0.29, 0.717) is 25.7 Å². The van der Waals surface area contributed by atoms with Crippen LogP contribution in [0.2, 0.25) is 0 Å². The van der Waals surface area contributed by atoms with Gasteiger partial charge in [0.25, 0.3) is 0 Å². The minimum Gasteiger partial charge on any atom is -0.490 e. The largest absolute Gasteiger partial charge is 0.490 e. The predicted molar refractivity (Wildman–Crippen MR) is 112 cm³/mol. The molecule has 2 aliphatic rings. The Balaban J connectivity index is 1.32. The predicted octanol–water partition coefficient (Wildman–Crippen LogP) is 3.37. The van der Waals surface area contributed by atoms with Crippen LogP contribution >= 0.6 is 0 Å². The Bertz CT molecular complexity index is 814. The zero-order valence-corrected chi connectivity index (χ0v) is 16.2. The summed E-state index contributed by atoms with van der Waals surface area (Å²) in [6.45, 7) is 5.36. The summed E-state index contributed by atoms with van der Waals surface area (Å²) in [5, 5.41) is 3.13. The summed E-state index contributed by atoms with van der Waals surface area (Å²) in [4.78, 5) is 6.96. The Hall–Kier alpha value is -2.73. The average Bonchev–Trinajstić information content (AvgIpc) is 3.10. The van der Waals surface area contributed by atoms with Gasteiger partial charge in [0, 0.05) is 24.7 Å². The van der Waals surface area contributed by atoms with Crippen molar-refractivity contribution in [3.8, 4) is 11.5 Å². The lowest BCUT2D eigenvalue weighted by molar-refractivity contribution is 0.297. The van der Waals surface area contributed by atoms with E-state index >= 15 is 0 Å². The number of rotatable bonds is 5. The molecule has 0 atom stereocenters. The lowest BCUT2D eigenvalue weighted by Gasteiger charge is -2.14. The zero-order valence-electron chi connectivity index (χ0n) is 16.2. The van der Waals surface area contributed by atoms with Gasteiger partial charge in [0.1, 0.15) is 0 Å². The van der Waals surface area contributed by atoms with Crippen LogP contribution in [0.4, 0.5) is 5.69 Å². The van der Waals surface area contributed by atoms with Crippen LogP contribution in [0.25, 0.3) is 0 Å². The Morgan fingerprint density at radius 1 is 0.929 bits per heavy atom. The van der Waals surface area contributed by atoms with Crippen molar-refractivity contribution in [2.24, 2.45) is 10.7 Å². The highest BCUT2D eigenvalue weighted by atomic mass is 16.5. The van der Waals surface area contributed by atoms with E-state index in [-0.39, 0.29) is 0 Å². The molecule has 28 heavy (non-hydrogen) atoms. The number of hydrogen-bond acceptors (Lipinski definition) is 4. The van der Waals surface area contributed by atoms with Gasteiger partial charge >= 0.3 is 0 Å². The molecule has 0 aromatic heterocycles. The zero-order chi connectivity index (χ0) is 19.2. The van der Waals surface area contributed by atoms with Crippen LogP contribution in [-0.4, -0.2) is 37.2 Å². The Labute approximate surface area is 166 Å². The van der Waals surface area contributed by atoms with Crippen molar-refractivity contribution in [1.29, 1.82) is 0 Å². The van der Waals surface area contributed by atoms with E-state index in [4.69, 9.17) is 15.2 Å². The lowest BCUT2D eigenvalue weighted by atomic mass is 10.1. The molecule has 2 aliphatic heterocycles. The molecule has 1 fully saturated rings. The third-order valence-corrected chi connectivity index (χ3v) is 5.08. The lowest BCUT2D eigenvalue weighted by Crippen LogP contribution is -2.22. The number of fused-ring (bicyclic) bond motifs is 1. The van der Waals surface area contributed by atoms with E-state index in [1.54, 1.807) is 0 Å². The number of benzene rings is 2. The number of aliphatic imine (C=N–C) groups is 1. The summed E-state index contributed by atoms with van der Waals surface area (Å²) in [5.74, 6) is 1.90. The van der Waals surface area contributed by atoms with Gasteiger partial charge in [-0.1, -0.05) is 24.3 Å². The maximum atomic E-state index is 6.06. The summed E-state index contributed by atoms with van der Waals surface area (Å²) >= 11 is 0. The van der Waals surface area contributed by atoms with Crippen molar-refractivity contribution in [3.05, 3.63) is 53.6 Å². The highest BCUT2D eigenvalue weighted by Gasteiger charge is 2.12. The number of anilines is 1. The van der Waals surface area contributed by atoms with Gasteiger partial charge in [-0.25, -0.2) is 4.99 Å². The van der Waals surface area contributed by atoms with Gasteiger partial charge in [0.15, 0.2) is 17.5 Å². The highest BCUT2D eigenvalue weighted by molar-refractivity contribution is 5.92. The Morgan fingerprint density at radius 3 is 2.43 bits per heavy atom. The van der Waals surface area contributed by atoms with Gasteiger partial charge < -0.3 is 20.5 Å². The van der Waals surface area contributed by atoms with Gasteiger partial charge in [-0.3, -0.25) is 4.90 Å². The minimum absolute atomic E-state index is 0.385. The summed E-state index contributed by atoms with van der Waals surface area (Å²) in [5.41, 5.74) is 9.40. The number of guanidine groups is 1. The molecule has 0 unspecified atom stereocenters. The maximum absolute atomic E-state index is 6.06. The molecular formula is C22H28N4O2. The van der Waals surface area contributed by atoms with E-state index < -0.39 is 0 Å². The molecule has 148 valence electrons. The smallest absolute Gasteiger partial charge is 0.193 e. The molecule has 2 aromatic rings. The van der Waals surface area contributed by atoms with Crippen LogP contribution in [0.5, 0.6) is 11.5 Å². The molecule has 0 spiro atoms. The number of ether oxygens (including phenoxy) is 2. The standard InChI is InChI=1S/C22H28N4O2/c23-22(25-19-8-9-20-21(14-19)28-13-3-12-27-20)24-15-17-4-6-18(7-5-17)16-26-10-1-2-11-26/h4-9,14H,1-3,10-13,15-16H2,(H3,23,24,25). The quantitative estimate of drug-likeness (QED) is 0.615. The molecule has 0 radical (unpaired) electrons. The summed E-state index contributed by atoms with van der Waals surface area (Å²) in [7, 11) is 0. The van der Waals surface area contributed by atoms with Crippen molar-refractivity contribution >= 4 is 11.6 Å². The number of nitrogens with two attached hydrogens (primary N) is 1. The van der Waals surface area contributed by atoms with Crippen molar-refractivity contribution in [2.75, 3.05) is 31.6 Å². The molecule has 0 amide bonds. The van der Waals surface area contributed by atoms with Crippen molar-refractivity contribution in [1.82, 2.24) is 4.90 Å². The first kappa shape index (κ1) is 18.6. The summed E-state index contributed by atoms with van der Waals surface area (Å²) < 4.78 is 11.4. The second kappa shape index (κ2) is 8.97. The fourth-order valence-corrected chi connectivity index (χ4v) is 3.55. The van der Waals surface area contributed by atoms with Crippen LogP contribution in [0.15, 0.2) is 47.5 Å². The molecule has 0 aliphatic carbocycles. The minimum atomic E-state index is 0.385. The topological polar surface area (TPSA) is 72.1 Å². The SMILES string of the molecule is NC(=NCc1ccc(CN2CCCC2)cc1)Nc1ccc2c(c1)OCCCO2. The fraction of sp³-hybridized carbons (Fsp3) is 0.409. The fourth-order valence-electron chi connectivity index (χ4n) is 3.55. The van der Waals surface area contributed by atoms with Gasteiger partial charge in [-0.2, -0.15) is 0 Å². The number of likely N-dealkylation sites (tertiary alicyclic amines) is 1. The van der Waals surface area contributed by atoms with Crippen LogP contribution in [0.1, 0.15) is 30.4 Å². The molecule has 1 saturated heterocycles. The molecular weight excluding hydrogens is 352 g/mol. The third-order valence-electron chi connectivity index (χ3n) is 5.08. The first-order valence-electron chi connectivity index (χ1n) is 10.0. The third kappa shape index (κ3) is 4.95. The van der Waals surface area contributed by atoms with Crippen molar-refractivity contribution in [3.63, 3.8) is 0 Å². The van der Waals surface area contributed by atoms with E-state index in [9.17, 15) is 0 Å². The van der Waals surface area contributed by atoms with Crippen LogP contribution < -0.4 is 20.5 Å². The van der Waals surface area contributed by atoms with Crippen LogP contribution in [-0.2, 0) is 13.1 Å². The average molecular weight is 380 g/mol. The molecule has 0 bridgehead atoms. The van der Waals surface area contributed by atoms with E-state index in [1.807, 2.05) is 18.2 Å². The molecule has 0 saturated carbocycles. The second-order valence-electron chi connectivity index (χ2n) is 7.34. The summed E-state index contributed by atoms with van der Waals surface area (Å²) in [6.07, 6.45) is 3.53. The van der Waals surface area contributed by atoms with Crippen LogP contribution in [0, 0.1) is 0 Å². The number of hydrogen-bond donors (Lipinski definition) is 2. The second-order valence-corrected chi connectivity index (χ2v) is 7.34. The number of nitrogens with one attached hydrogen (secondary N) is 1. The molecule has 6 heteroatoms. The van der Waals surface area contributed by atoms with E-state index in [2.05, 4.69) is 39.5 Å². The van der Waals surface area contributed by atoms with Gasteiger partial charge in [0.2, 0.25) is 0 Å². The Morgan fingerprint density at radius 2 is 1.64 bits per heavy atom. The van der Waals surface area contributed by atoms with E-state index in [0.717, 1.165) is 35.7 Å². The maximum Gasteiger partial charge on any atom is 0.193 e. The van der Waals surface area contributed by atoms with Gasteiger partial charge in [0.05, 0.1) is 19.8 Å². The number of nitrogens with zero attached hydrogens (tertiary/aromatic N) is 2. The van der Waals surface area contributed by atoms with Gasteiger partial charge in [-0.05, 0) is 49.2 Å². The van der Waals surface area contributed by atoms with Gasteiger partial charge in [-0.15, -0.1) is 0 Å². The normalized spacial score (nSPS) is 17.4. The first-order chi connectivity index (χ1) is 13.8. The highest BCUT2D eigenvalue weighted by Crippen LogP contribution is 2.32.